The van der Waals surface area contributed by atoms with E-state index >= 15 is 0 Å². The zero-order valence-electron chi connectivity index (χ0n) is 12.3. The molecule has 1 aliphatic heterocycles. The Balaban J connectivity index is 1.80. The number of fused-ring (bicyclic) bond motifs is 1. The molecule has 2 N–H and O–H groups in total. The van der Waals surface area contributed by atoms with Crippen molar-refractivity contribution in [2.45, 2.75) is 32.7 Å². The van der Waals surface area contributed by atoms with Gasteiger partial charge in [-0.25, -0.2) is 0 Å². The molecule has 0 spiro atoms. The number of rotatable bonds is 3. The van der Waals surface area contributed by atoms with Gasteiger partial charge in [0.05, 0.1) is 11.4 Å². The van der Waals surface area contributed by atoms with Crippen LogP contribution in [0, 0.1) is 0 Å². The maximum atomic E-state index is 6.14. The van der Waals surface area contributed by atoms with Crippen molar-refractivity contribution < 1.29 is 0 Å². The van der Waals surface area contributed by atoms with Crippen molar-refractivity contribution in [3.05, 3.63) is 59.2 Å². The van der Waals surface area contributed by atoms with Crippen LogP contribution in [0.4, 0.5) is 11.4 Å². The first kappa shape index (κ1) is 13.0. The second-order valence-electron chi connectivity index (χ2n) is 5.92. The van der Waals surface area contributed by atoms with Crippen LogP contribution in [0.2, 0.25) is 0 Å². The summed E-state index contributed by atoms with van der Waals surface area (Å²) >= 11 is 0. The molecule has 0 atom stereocenters. The fourth-order valence-electron chi connectivity index (χ4n) is 2.95. The summed E-state index contributed by atoms with van der Waals surface area (Å²) in [6.45, 7) is 6.47. The molecule has 3 rings (SSSR count). The van der Waals surface area contributed by atoms with E-state index in [0.717, 1.165) is 25.2 Å². The van der Waals surface area contributed by atoms with Crippen molar-refractivity contribution in [1.29, 1.82) is 0 Å². The number of nitrogens with zero attached hydrogens (tertiary/aromatic N) is 1. The topological polar surface area (TPSA) is 29.3 Å². The standard InChI is InChI=1S/C18H22N2/c1-13(2)15-8-6-14(7-9-15)12-20-11-10-16-4-3-5-17(19)18(16)20/h3-9,13H,10-12,19H2,1-2H3. The second-order valence-corrected chi connectivity index (χ2v) is 5.92. The molecule has 0 amide bonds. The van der Waals surface area contributed by atoms with E-state index in [-0.39, 0.29) is 0 Å². The van der Waals surface area contributed by atoms with E-state index in [2.05, 4.69) is 55.1 Å². The van der Waals surface area contributed by atoms with Crippen molar-refractivity contribution in [1.82, 2.24) is 0 Å². The van der Waals surface area contributed by atoms with Gasteiger partial charge >= 0.3 is 0 Å². The van der Waals surface area contributed by atoms with Crippen molar-refractivity contribution in [2.24, 2.45) is 0 Å². The van der Waals surface area contributed by atoms with Crippen LogP contribution < -0.4 is 10.6 Å². The van der Waals surface area contributed by atoms with Crippen molar-refractivity contribution in [2.75, 3.05) is 17.2 Å². The maximum Gasteiger partial charge on any atom is 0.0636 e. The van der Waals surface area contributed by atoms with Gasteiger partial charge in [0.2, 0.25) is 0 Å². The summed E-state index contributed by atoms with van der Waals surface area (Å²) in [7, 11) is 0. The lowest BCUT2D eigenvalue weighted by Gasteiger charge is -2.21. The minimum atomic E-state index is 0.590. The Labute approximate surface area is 121 Å². The quantitative estimate of drug-likeness (QED) is 0.852. The Kier molecular flexibility index (Phi) is 3.39. The zero-order valence-corrected chi connectivity index (χ0v) is 12.3. The van der Waals surface area contributed by atoms with Crippen LogP contribution in [0.5, 0.6) is 0 Å². The van der Waals surface area contributed by atoms with Crippen LogP contribution in [0.15, 0.2) is 42.5 Å². The summed E-state index contributed by atoms with van der Waals surface area (Å²) in [6, 6.07) is 15.2. The molecule has 0 bridgehead atoms. The van der Waals surface area contributed by atoms with Gasteiger partial charge in [-0.05, 0) is 35.1 Å². The summed E-state index contributed by atoms with van der Waals surface area (Å²) < 4.78 is 0. The van der Waals surface area contributed by atoms with Crippen LogP contribution in [0.25, 0.3) is 0 Å². The Morgan fingerprint density at radius 2 is 1.85 bits per heavy atom. The summed E-state index contributed by atoms with van der Waals surface area (Å²) in [5.74, 6) is 0.590. The smallest absolute Gasteiger partial charge is 0.0636 e. The minimum Gasteiger partial charge on any atom is -0.397 e. The fourth-order valence-corrected chi connectivity index (χ4v) is 2.95. The third-order valence-corrected chi connectivity index (χ3v) is 4.14. The summed E-state index contributed by atoms with van der Waals surface area (Å²) in [5, 5.41) is 0. The Morgan fingerprint density at radius 1 is 1.10 bits per heavy atom. The van der Waals surface area contributed by atoms with E-state index in [9.17, 15) is 0 Å². The zero-order chi connectivity index (χ0) is 14.1. The van der Waals surface area contributed by atoms with Crippen LogP contribution in [-0.2, 0) is 13.0 Å². The monoisotopic (exact) mass is 266 g/mol. The first-order valence-corrected chi connectivity index (χ1v) is 7.36. The van der Waals surface area contributed by atoms with Crippen LogP contribution in [0.1, 0.15) is 36.5 Å². The van der Waals surface area contributed by atoms with E-state index in [1.54, 1.807) is 0 Å². The van der Waals surface area contributed by atoms with E-state index in [1.807, 2.05) is 6.07 Å². The highest BCUT2D eigenvalue weighted by Gasteiger charge is 2.21. The summed E-state index contributed by atoms with van der Waals surface area (Å²) in [5.41, 5.74) is 12.4. The Hall–Kier alpha value is -1.96. The molecule has 0 aromatic heterocycles. The van der Waals surface area contributed by atoms with Crippen molar-refractivity contribution in [3.63, 3.8) is 0 Å². The molecule has 2 heteroatoms. The molecule has 0 unspecified atom stereocenters. The van der Waals surface area contributed by atoms with Crippen LogP contribution in [0.3, 0.4) is 0 Å². The van der Waals surface area contributed by atoms with Gasteiger partial charge in [0.1, 0.15) is 0 Å². The molecule has 104 valence electrons. The third kappa shape index (κ3) is 2.38. The largest absolute Gasteiger partial charge is 0.397 e. The van der Waals surface area contributed by atoms with Gasteiger partial charge in [-0.15, -0.1) is 0 Å². The van der Waals surface area contributed by atoms with Gasteiger partial charge in [0.15, 0.2) is 0 Å². The summed E-state index contributed by atoms with van der Waals surface area (Å²) in [6.07, 6.45) is 1.10. The van der Waals surface area contributed by atoms with Gasteiger partial charge in [0.25, 0.3) is 0 Å². The van der Waals surface area contributed by atoms with E-state index in [0.29, 0.717) is 5.92 Å². The fraction of sp³-hybridized carbons (Fsp3) is 0.333. The molecule has 2 nitrogen and oxygen atoms in total. The number of benzene rings is 2. The molecular formula is C18H22N2. The van der Waals surface area contributed by atoms with Crippen LogP contribution >= 0.6 is 0 Å². The van der Waals surface area contributed by atoms with Gasteiger partial charge in [0, 0.05) is 13.1 Å². The lowest BCUT2D eigenvalue weighted by Crippen LogP contribution is -2.20. The molecule has 0 aliphatic carbocycles. The molecule has 0 saturated carbocycles. The van der Waals surface area contributed by atoms with Gasteiger partial charge in [-0.2, -0.15) is 0 Å². The number of anilines is 2. The predicted octanol–water partition coefficient (Wildman–Crippen LogP) is 3.95. The van der Waals surface area contributed by atoms with Gasteiger partial charge in [-0.1, -0.05) is 50.2 Å². The highest BCUT2D eigenvalue weighted by molar-refractivity contribution is 5.74. The highest BCUT2D eigenvalue weighted by atomic mass is 15.2. The predicted molar refractivity (Wildman–Crippen MR) is 86.1 cm³/mol. The first-order valence-electron chi connectivity index (χ1n) is 7.36. The minimum absolute atomic E-state index is 0.590. The average molecular weight is 266 g/mol. The normalized spacial score (nSPS) is 13.8. The van der Waals surface area contributed by atoms with Crippen molar-refractivity contribution >= 4 is 11.4 Å². The maximum absolute atomic E-state index is 6.14. The van der Waals surface area contributed by atoms with E-state index < -0.39 is 0 Å². The molecular weight excluding hydrogens is 244 g/mol. The number of nitrogen functional groups attached to an aromatic ring is 1. The highest BCUT2D eigenvalue weighted by Crippen LogP contribution is 2.34. The third-order valence-electron chi connectivity index (χ3n) is 4.14. The number of hydrogen-bond donors (Lipinski definition) is 1. The van der Waals surface area contributed by atoms with Gasteiger partial charge < -0.3 is 10.6 Å². The lowest BCUT2D eigenvalue weighted by atomic mass is 10.0. The van der Waals surface area contributed by atoms with Crippen molar-refractivity contribution in [3.8, 4) is 0 Å². The number of para-hydroxylation sites is 1. The second kappa shape index (κ2) is 5.20. The average Bonchev–Trinajstić information content (AvgIpc) is 2.84. The molecule has 0 radical (unpaired) electrons. The molecule has 2 aromatic carbocycles. The van der Waals surface area contributed by atoms with E-state index in [1.165, 1.54) is 22.4 Å². The molecule has 2 aromatic rings. The van der Waals surface area contributed by atoms with Crippen LogP contribution in [-0.4, -0.2) is 6.54 Å². The molecule has 0 saturated heterocycles. The number of hydrogen-bond acceptors (Lipinski definition) is 2. The Bertz CT molecular complexity index is 599. The first-order chi connectivity index (χ1) is 9.65. The Morgan fingerprint density at radius 3 is 2.55 bits per heavy atom. The van der Waals surface area contributed by atoms with Gasteiger partial charge in [-0.3, -0.25) is 0 Å². The molecule has 20 heavy (non-hydrogen) atoms. The molecule has 1 aliphatic rings. The van der Waals surface area contributed by atoms with E-state index in [4.69, 9.17) is 5.73 Å². The molecule has 0 fully saturated rings. The molecule has 1 heterocycles. The number of nitrogens with two attached hydrogens (primary N) is 1. The SMILES string of the molecule is CC(C)c1ccc(CN2CCc3cccc(N)c32)cc1. The lowest BCUT2D eigenvalue weighted by molar-refractivity contribution is 0.831. The summed E-state index contributed by atoms with van der Waals surface area (Å²) in [4.78, 5) is 2.40.